The maximum absolute atomic E-state index is 12.3. The van der Waals surface area contributed by atoms with E-state index >= 15 is 0 Å². The lowest BCUT2D eigenvalue weighted by Gasteiger charge is -2.09. The molecule has 0 saturated carbocycles. The molecule has 0 bridgehead atoms. The van der Waals surface area contributed by atoms with Crippen LogP contribution in [0.1, 0.15) is 17.5 Å². The largest absolute Gasteiger partial charge is 0.423 e. The van der Waals surface area contributed by atoms with E-state index in [4.69, 9.17) is 4.74 Å². The first-order valence-corrected chi connectivity index (χ1v) is 7.08. The fraction of sp³-hybridized carbons (Fsp3) is 0.0556. The molecule has 0 radical (unpaired) electrons. The van der Waals surface area contributed by atoms with E-state index in [2.05, 4.69) is 0 Å². The standard InChI is InChI=1S/C18H13NO4/c20-18-16(13-5-2-1-3-6-13)7-4-8-17(23-18)14-9-11-15(12-10-14)19(21)22/h1-3,5-12H,4H2. The van der Waals surface area contributed by atoms with E-state index in [0.29, 0.717) is 23.3 Å². The molecule has 0 fully saturated rings. The number of rotatable bonds is 3. The zero-order valence-electron chi connectivity index (χ0n) is 12.1. The van der Waals surface area contributed by atoms with E-state index < -0.39 is 10.9 Å². The highest BCUT2D eigenvalue weighted by Gasteiger charge is 2.19. The number of nitrogens with zero attached hydrogens (tertiary/aromatic N) is 1. The maximum Gasteiger partial charge on any atom is 0.343 e. The Labute approximate surface area is 132 Å². The van der Waals surface area contributed by atoms with E-state index in [9.17, 15) is 14.9 Å². The highest BCUT2D eigenvalue weighted by molar-refractivity contribution is 6.18. The number of esters is 1. The number of nitro benzene ring substituents is 1. The fourth-order valence-corrected chi connectivity index (χ4v) is 2.34. The molecule has 1 aliphatic rings. The van der Waals surface area contributed by atoms with Crippen molar-refractivity contribution in [2.75, 3.05) is 0 Å². The van der Waals surface area contributed by atoms with Crippen molar-refractivity contribution in [1.29, 1.82) is 0 Å². The van der Waals surface area contributed by atoms with Crippen LogP contribution in [0.5, 0.6) is 0 Å². The molecule has 0 saturated heterocycles. The zero-order chi connectivity index (χ0) is 16.2. The third-order valence-corrected chi connectivity index (χ3v) is 3.50. The lowest BCUT2D eigenvalue weighted by molar-refractivity contribution is -0.384. The third kappa shape index (κ3) is 3.18. The Morgan fingerprint density at radius 2 is 1.61 bits per heavy atom. The van der Waals surface area contributed by atoms with Crippen LogP contribution in [0, 0.1) is 10.1 Å². The first-order chi connectivity index (χ1) is 11.1. The van der Waals surface area contributed by atoms with Gasteiger partial charge in [0.15, 0.2) is 0 Å². The molecule has 23 heavy (non-hydrogen) atoms. The number of non-ortho nitro benzene ring substituents is 1. The summed E-state index contributed by atoms with van der Waals surface area (Å²) in [5, 5.41) is 10.7. The minimum atomic E-state index is -0.466. The summed E-state index contributed by atoms with van der Waals surface area (Å²) >= 11 is 0. The molecule has 5 nitrogen and oxygen atoms in total. The number of hydrogen-bond acceptors (Lipinski definition) is 4. The van der Waals surface area contributed by atoms with Crippen molar-refractivity contribution >= 4 is 23.0 Å². The molecule has 2 aromatic rings. The van der Waals surface area contributed by atoms with Crippen LogP contribution in [-0.2, 0) is 9.53 Å². The van der Waals surface area contributed by atoms with Gasteiger partial charge in [-0.2, -0.15) is 0 Å². The van der Waals surface area contributed by atoms with Crippen molar-refractivity contribution < 1.29 is 14.5 Å². The van der Waals surface area contributed by atoms with Crippen molar-refractivity contribution in [2.45, 2.75) is 6.42 Å². The Bertz CT molecular complexity index is 805. The maximum atomic E-state index is 12.3. The molecule has 114 valence electrons. The van der Waals surface area contributed by atoms with Gasteiger partial charge in [-0.25, -0.2) is 4.79 Å². The van der Waals surface area contributed by atoms with Crippen molar-refractivity contribution in [3.63, 3.8) is 0 Å². The van der Waals surface area contributed by atoms with Crippen molar-refractivity contribution in [3.05, 3.63) is 88.0 Å². The molecule has 0 N–H and O–H groups in total. The van der Waals surface area contributed by atoms with E-state index in [-0.39, 0.29) is 5.69 Å². The van der Waals surface area contributed by atoms with Crippen LogP contribution in [0.3, 0.4) is 0 Å². The second-order valence-electron chi connectivity index (χ2n) is 4.98. The summed E-state index contributed by atoms with van der Waals surface area (Å²) in [7, 11) is 0. The van der Waals surface area contributed by atoms with Crippen LogP contribution in [-0.4, -0.2) is 10.9 Å². The first kappa shape index (κ1) is 14.7. The molecule has 1 aliphatic heterocycles. The fourth-order valence-electron chi connectivity index (χ4n) is 2.34. The Hall–Kier alpha value is -3.21. The van der Waals surface area contributed by atoms with Gasteiger partial charge in [-0.3, -0.25) is 10.1 Å². The summed E-state index contributed by atoms with van der Waals surface area (Å²) in [6.45, 7) is 0. The van der Waals surface area contributed by atoms with Gasteiger partial charge in [-0.1, -0.05) is 36.4 Å². The average Bonchev–Trinajstić information content (AvgIpc) is 2.77. The minimum absolute atomic E-state index is 0.00241. The van der Waals surface area contributed by atoms with Crippen LogP contribution >= 0.6 is 0 Å². The highest BCUT2D eigenvalue weighted by Crippen LogP contribution is 2.27. The van der Waals surface area contributed by atoms with E-state index in [1.165, 1.54) is 12.1 Å². The normalized spacial score (nSPS) is 14.3. The van der Waals surface area contributed by atoms with Gasteiger partial charge in [-0.15, -0.1) is 0 Å². The van der Waals surface area contributed by atoms with Crippen LogP contribution in [0.4, 0.5) is 5.69 Å². The molecule has 2 aromatic carbocycles. The van der Waals surface area contributed by atoms with E-state index in [1.807, 2.05) is 36.4 Å². The SMILES string of the molecule is O=C1OC(c2ccc([N+](=O)[O-])cc2)=CCC=C1c1ccccc1. The smallest absolute Gasteiger partial charge is 0.343 e. The summed E-state index contributed by atoms with van der Waals surface area (Å²) in [5.74, 6) is -0.0228. The zero-order valence-corrected chi connectivity index (χ0v) is 12.1. The summed E-state index contributed by atoms with van der Waals surface area (Å²) in [6.07, 6.45) is 4.15. The number of benzene rings is 2. The Morgan fingerprint density at radius 3 is 2.26 bits per heavy atom. The molecular weight excluding hydrogens is 294 g/mol. The van der Waals surface area contributed by atoms with Crippen LogP contribution < -0.4 is 0 Å². The van der Waals surface area contributed by atoms with E-state index in [1.54, 1.807) is 18.2 Å². The number of carbonyl (C=O) groups is 1. The topological polar surface area (TPSA) is 69.4 Å². The predicted molar refractivity (Wildman–Crippen MR) is 86.2 cm³/mol. The lowest BCUT2D eigenvalue weighted by Crippen LogP contribution is -2.05. The molecule has 0 aromatic heterocycles. The molecule has 0 unspecified atom stereocenters. The van der Waals surface area contributed by atoms with Crippen molar-refractivity contribution in [2.24, 2.45) is 0 Å². The molecule has 0 atom stereocenters. The Balaban J connectivity index is 1.82. The van der Waals surface area contributed by atoms with Gasteiger partial charge < -0.3 is 4.74 Å². The summed E-state index contributed by atoms with van der Waals surface area (Å²) in [4.78, 5) is 22.6. The summed E-state index contributed by atoms with van der Waals surface area (Å²) in [5.41, 5.74) is 1.94. The molecule has 0 spiro atoms. The van der Waals surface area contributed by atoms with Gasteiger partial charge in [0.1, 0.15) is 5.76 Å². The van der Waals surface area contributed by atoms with Gasteiger partial charge in [-0.05, 0) is 30.2 Å². The quantitative estimate of drug-likeness (QED) is 0.489. The molecule has 0 aliphatic carbocycles. The molecule has 3 rings (SSSR count). The summed E-state index contributed by atoms with van der Waals surface area (Å²) < 4.78 is 5.45. The Morgan fingerprint density at radius 1 is 0.913 bits per heavy atom. The van der Waals surface area contributed by atoms with Crippen LogP contribution in [0.15, 0.2) is 66.7 Å². The predicted octanol–water partition coefficient (Wildman–Crippen LogP) is 3.97. The number of ether oxygens (including phenoxy) is 1. The van der Waals surface area contributed by atoms with Crippen LogP contribution in [0.25, 0.3) is 11.3 Å². The molecule has 0 amide bonds. The van der Waals surface area contributed by atoms with Gasteiger partial charge in [0.2, 0.25) is 0 Å². The van der Waals surface area contributed by atoms with Crippen molar-refractivity contribution in [1.82, 2.24) is 0 Å². The van der Waals surface area contributed by atoms with Crippen molar-refractivity contribution in [3.8, 4) is 0 Å². The number of carbonyl (C=O) groups excluding carboxylic acids is 1. The van der Waals surface area contributed by atoms with Gasteiger partial charge in [0, 0.05) is 17.7 Å². The lowest BCUT2D eigenvalue weighted by atomic mass is 10.1. The third-order valence-electron chi connectivity index (χ3n) is 3.50. The van der Waals surface area contributed by atoms with Crippen LogP contribution in [0.2, 0.25) is 0 Å². The minimum Gasteiger partial charge on any atom is -0.423 e. The Kier molecular flexibility index (Phi) is 4.01. The average molecular weight is 307 g/mol. The molecular formula is C18H13NO4. The van der Waals surface area contributed by atoms with Gasteiger partial charge in [0.05, 0.1) is 10.5 Å². The second kappa shape index (κ2) is 6.27. The van der Waals surface area contributed by atoms with Gasteiger partial charge >= 0.3 is 5.97 Å². The summed E-state index contributed by atoms with van der Waals surface area (Å²) in [6, 6.07) is 15.2. The van der Waals surface area contributed by atoms with E-state index in [0.717, 1.165) is 5.56 Å². The number of cyclic esters (lactones) is 1. The van der Waals surface area contributed by atoms with Gasteiger partial charge in [0.25, 0.3) is 5.69 Å². The first-order valence-electron chi connectivity index (χ1n) is 7.08. The number of hydrogen-bond donors (Lipinski definition) is 0. The molecule has 1 heterocycles. The highest BCUT2D eigenvalue weighted by atomic mass is 16.6. The monoisotopic (exact) mass is 307 g/mol. The number of nitro groups is 1. The second-order valence-corrected chi connectivity index (χ2v) is 4.98. The molecule has 5 heteroatoms. The number of allylic oxidation sites excluding steroid dienone is 2.